The Balaban J connectivity index is 1.58. The molecule has 0 radical (unpaired) electrons. The smallest absolute Gasteiger partial charge is 0.343 e. The fourth-order valence-corrected chi connectivity index (χ4v) is 4.81. The molecule has 182 valence electrons. The molecule has 0 unspecified atom stereocenters. The van der Waals surface area contributed by atoms with Crippen LogP contribution in [0.3, 0.4) is 0 Å². The number of nitro benzene ring substituents is 1. The highest BCUT2D eigenvalue weighted by Gasteiger charge is 2.33. The van der Waals surface area contributed by atoms with Crippen molar-refractivity contribution in [2.45, 2.75) is 6.92 Å². The molecule has 4 rings (SSSR count). The van der Waals surface area contributed by atoms with Crippen molar-refractivity contribution in [3.05, 3.63) is 97.9 Å². The highest BCUT2D eigenvalue weighted by Crippen LogP contribution is 2.38. The van der Waals surface area contributed by atoms with Gasteiger partial charge in [0.2, 0.25) is 0 Å². The summed E-state index contributed by atoms with van der Waals surface area (Å²) in [6.07, 6.45) is 1.67. The minimum absolute atomic E-state index is 0.0282. The topological polar surface area (TPSA) is 99.0 Å². The Kier molecular flexibility index (Phi) is 7.68. The lowest BCUT2D eigenvalue weighted by molar-refractivity contribution is -0.384. The van der Waals surface area contributed by atoms with Gasteiger partial charge in [-0.25, -0.2) is 4.79 Å². The Bertz CT molecular complexity index is 1430. The Morgan fingerprint density at radius 1 is 1.14 bits per heavy atom. The molecule has 0 aliphatic carbocycles. The second-order valence-corrected chi connectivity index (χ2v) is 9.45. The van der Waals surface area contributed by atoms with Gasteiger partial charge in [-0.15, -0.1) is 0 Å². The molecule has 1 fully saturated rings. The summed E-state index contributed by atoms with van der Waals surface area (Å²) in [5, 5.41) is 11.5. The standard InChI is InChI=1S/C25H17ClN2O6S2/c1-2-33-21-11-15(9-10-20(21)34-24(30)16-5-3-8-19(13-16)28(31)32)12-22-23(29)27(25(35)36-22)18-7-4-6-17(26)14-18/h3-14H,2H2,1H3. The zero-order valence-corrected chi connectivity index (χ0v) is 21.1. The normalized spacial score (nSPS) is 14.3. The number of nitrogens with zero attached hydrogens (tertiary/aromatic N) is 2. The van der Waals surface area contributed by atoms with Crippen LogP contribution in [0.15, 0.2) is 71.6 Å². The third-order valence-corrected chi connectivity index (χ3v) is 6.46. The number of anilines is 1. The highest BCUT2D eigenvalue weighted by atomic mass is 35.5. The minimum Gasteiger partial charge on any atom is -0.490 e. The van der Waals surface area contributed by atoms with Crippen LogP contribution >= 0.6 is 35.6 Å². The first-order valence-corrected chi connectivity index (χ1v) is 12.1. The van der Waals surface area contributed by atoms with E-state index in [0.29, 0.717) is 32.1 Å². The van der Waals surface area contributed by atoms with Gasteiger partial charge in [0.05, 0.1) is 27.7 Å². The summed E-state index contributed by atoms with van der Waals surface area (Å²) in [6.45, 7) is 2.07. The number of non-ortho nitro benzene ring substituents is 1. The molecule has 1 saturated heterocycles. The number of nitro groups is 1. The summed E-state index contributed by atoms with van der Waals surface area (Å²) in [5.41, 5.74) is 1.01. The van der Waals surface area contributed by atoms with Gasteiger partial charge in [0.1, 0.15) is 0 Å². The summed E-state index contributed by atoms with van der Waals surface area (Å²) in [6, 6.07) is 16.9. The van der Waals surface area contributed by atoms with E-state index >= 15 is 0 Å². The van der Waals surface area contributed by atoms with Crippen molar-refractivity contribution in [1.82, 2.24) is 0 Å². The minimum atomic E-state index is -0.769. The van der Waals surface area contributed by atoms with Crippen LogP contribution in [0, 0.1) is 10.1 Å². The van der Waals surface area contributed by atoms with Crippen molar-refractivity contribution in [1.29, 1.82) is 0 Å². The van der Waals surface area contributed by atoms with Crippen molar-refractivity contribution in [2.24, 2.45) is 0 Å². The monoisotopic (exact) mass is 540 g/mol. The number of carbonyl (C=O) groups excluding carboxylic acids is 2. The first kappa shape index (κ1) is 25.4. The van der Waals surface area contributed by atoms with Crippen molar-refractivity contribution in [3.8, 4) is 11.5 Å². The van der Waals surface area contributed by atoms with Gasteiger partial charge in [-0.3, -0.25) is 19.8 Å². The number of benzene rings is 3. The van der Waals surface area contributed by atoms with Gasteiger partial charge >= 0.3 is 5.97 Å². The Hall–Kier alpha value is -3.73. The Labute approximate surface area is 220 Å². The molecular formula is C25H17ClN2O6S2. The number of carbonyl (C=O) groups is 2. The lowest BCUT2D eigenvalue weighted by atomic mass is 10.1. The van der Waals surface area contributed by atoms with E-state index in [9.17, 15) is 19.7 Å². The molecule has 0 aromatic heterocycles. The van der Waals surface area contributed by atoms with Gasteiger partial charge in [-0.05, 0) is 55.0 Å². The van der Waals surface area contributed by atoms with Gasteiger partial charge in [0.15, 0.2) is 15.8 Å². The van der Waals surface area contributed by atoms with Crippen LogP contribution in [-0.4, -0.2) is 27.7 Å². The summed E-state index contributed by atoms with van der Waals surface area (Å²) in [7, 11) is 0. The van der Waals surface area contributed by atoms with Crippen LogP contribution in [0.25, 0.3) is 6.08 Å². The molecule has 3 aromatic rings. The van der Waals surface area contributed by atoms with Crippen LogP contribution < -0.4 is 14.4 Å². The summed E-state index contributed by atoms with van der Waals surface area (Å²) >= 11 is 12.6. The van der Waals surface area contributed by atoms with E-state index in [1.807, 2.05) is 0 Å². The van der Waals surface area contributed by atoms with Crippen molar-refractivity contribution < 1.29 is 24.0 Å². The van der Waals surface area contributed by atoms with E-state index in [2.05, 4.69) is 0 Å². The zero-order chi connectivity index (χ0) is 25.8. The molecule has 1 amide bonds. The number of thioether (sulfide) groups is 1. The van der Waals surface area contributed by atoms with Gasteiger partial charge in [-0.1, -0.05) is 53.8 Å². The van der Waals surface area contributed by atoms with Crippen molar-refractivity contribution >= 4 is 69.2 Å². The van der Waals surface area contributed by atoms with Gasteiger partial charge in [0.25, 0.3) is 11.6 Å². The number of hydrogen-bond acceptors (Lipinski definition) is 8. The van der Waals surface area contributed by atoms with Crippen LogP contribution in [0.2, 0.25) is 5.02 Å². The largest absolute Gasteiger partial charge is 0.490 e. The van der Waals surface area contributed by atoms with Crippen LogP contribution in [0.1, 0.15) is 22.8 Å². The summed E-state index contributed by atoms with van der Waals surface area (Å²) in [4.78, 5) is 37.9. The quantitative estimate of drug-likeness (QED) is 0.0863. The third-order valence-electron chi connectivity index (χ3n) is 4.92. The predicted molar refractivity (Wildman–Crippen MR) is 143 cm³/mol. The lowest BCUT2D eigenvalue weighted by Crippen LogP contribution is -2.27. The average Bonchev–Trinajstić information content (AvgIpc) is 3.13. The van der Waals surface area contributed by atoms with E-state index in [0.717, 1.165) is 17.8 Å². The maximum Gasteiger partial charge on any atom is 0.343 e. The number of halogens is 1. The molecule has 0 N–H and O–H groups in total. The number of rotatable bonds is 7. The van der Waals surface area contributed by atoms with E-state index < -0.39 is 10.9 Å². The van der Waals surface area contributed by atoms with Crippen LogP contribution in [-0.2, 0) is 4.79 Å². The van der Waals surface area contributed by atoms with E-state index in [1.54, 1.807) is 49.4 Å². The Morgan fingerprint density at radius 3 is 2.64 bits per heavy atom. The van der Waals surface area contributed by atoms with E-state index in [-0.39, 0.29) is 28.7 Å². The second kappa shape index (κ2) is 10.9. The van der Waals surface area contributed by atoms with Gasteiger partial charge < -0.3 is 9.47 Å². The molecule has 36 heavy (non-hydrogen) atoms. The number of hydrogen-bond donors (Lipinski definition) is 0. The van der Waals surface area contributed by atoms with Gasteiger partial charge in [-0.2, -0.15) is 0 Å². The third kappa shape index (κ3) is 5.56. The maximum absolute atomic E-state index is 13.0. The molecule has 11 heteroatoms. The first-order chi connectivity index (χ1) is 17.3. The van der Waals surface area contributed by atoms with E-state index in [4.69, 9.17) is 33.3 Å². The number of esters is 1. The van der Waals surface area contributed by atoms with E-state index in [1.165, 1.54) is 29.2 Å². The van der Waals surface area contributed by atoms with Crippen molar-refractivity contribution in [3.63, 3.8) is 0 Å². The molecular weight excluding hydrogens is 524 g/mol. The summed E-state index contributed by atoms with van der Waals surface area (Å²) in [5.74, 6) is -0.645. The number of amides is 1. The second-order valence-electron chi connectivity index (χ2n) is 7.33. The molecule has 0 bridgehead atoms. The average molecular weight is 541 g/mol. The molecule has 8 nitrogen and oxygen atoms in total. The van der Waals surface area contributed by atoms with Crippen LogP contribution in [0.4, 0.5) is 11.4 Å². The maximum atomic E-state index is 13.0. The van der Waals surface area contributed by atoms with Crippen LogP contribution in [0.5, 0.6) is 11.5 Å². The Morgan fingerprint density at radius 2 is 1.92 bits per heavy atom. The molecule has 0 atom stereocenters. The number of thiocarbonyl (C=S) groups is 1. The molecule has 0 spiro atoms. The highest BCUT2D eigenvalue weighted by molar-refractivity contribution is 8.27. The SMILES string of the molecule is CCOc1cc(C=C2SC(=S)N(c3cccc(Cl)c3)C2=O)ccc1OC(=O)c1cccc([N+](=O)[O-])c1. The molecule has 1 aliphatic rings. The zero-order valence-electron chi connectivity index (χ0n) is 18.7. The molecule has 0 saturated carbocycles. The fourth-order valence-electron chi connectivity index (χ4n) is 3.33. The fraction of sp³-hybridized carbons (Fsp3) is 0.0800. The lowest BCUT2D eigenvalue weighted by Gasteiger charge is -2.14. The molecule has 1 aliphatic heterocycles. The molecule has 3 aromatic carbocycles. The predicted octanol–water partition coefficient (Wildman–Crippen LogP) is 6.27. The van der Waals surface area contributed by atoms with Gasteiger partial charge in [0, 0.05) is 17.2 Å². The van der Waals surface area contributed by atoms with Crippen molar-refractivity contribution in [2.75, 3.05) is 11.5 Å². The molecule has 1 heterocycles. The first-order valence-electron chi connectivity index (χ1n) is 10.5. The number of ether oxygens (including phenoxy) is 2. The summed E-state index contributed by atoms with van der Waals surface area (Å²) < 4.78 is 11.5.